The number of nitriles is 1. The van der Waals surface area contributed by atoms with Gasteiger partial charge >= 0.3 is 0 Å². The van der Waals surface area contributed by atoms with E-state index in [1.54, 1.807) is 0 Å². The maximum Gasteiger partial charge on any atom is 0.202 e. The molecule has 1 aromatic carbocycles. The molecule has 8 heteroatoms. The summed E-state index contributed by atoms with van der Waals surface area (Å²) in [7, 11) is 1.49. The average Bonchev–Trinajstić information content (AvgIpc) is 3.26. The number of thiophene rings is 1. The molecule has 0 radical (unpaired) electrons. The summed E-state index contributed by atoms with van der Waals surface area (Å²) in [5, 5.41) is 20.0. The molecule has 144 valence electrons. The van der Waals surface area contributed by atoms with Gasteiger partial charge in [-0.25, -0.2) is 4.39 Å². The number of hydrogen-bond donors (Lipinski definition) is 1. The zero-order chi connectivity index (χ0) is 19.6. The molecule has 2 fully saturated rings. The van der Waals surface area contributed by atoms with E-state index in [0.29, 0.717) is 21.8 Å². The van der Waals surface area contributed by atoms with Crippen LogP contribution in [0.15, 0.2) is 10.9 Å². The smallest absolute Gasteiger partial charge is 0.202 e. The molecule has 0 bridgehead atoms. The van der Waals surface area contributed by atoms with Crippen molar-refractivity contribution in [3.8, 4) is 17.6 Å². The number of anilines is 1. The van der Waals surface area contributed by atoms with Crippen molar-refractivity contribution in [2.75, 3.05) is 25.1 Å². The normalized spacial score (nSPS) is 16.8. The van der Waals surface area contributed by atoms with Gasteiger partial charge in [0.05, 0.1) is 18.0 Å². The van der Waals surface area contributed by atoms with Crippen LogP contribution in [0.2, 0.25) is 0 Å². The SMILES string of the molecule is COc1c(N2CCCC2)c(F)cc2c(=O)c3c(O)c(C#N)sc3n(C3CC3)c12. The summed E-state index contributed by atoms with van der Waals surface area (Å²) in [5.74, 6) is -0.457. The lowest BCUT2D eigenvalue weighted by atomic mass is 10.1. The van der Waals surface area contributed by atoms with E-state index in [0.717, 1.165) is 50.1 Å². The van der Waals surface area contributed by atoms with Crippen molar-refractivity contribution in [2.45, 2.75) is 31.7 Å². The molecule has 1 aliphatic carbocycles. The second-order valence-corrected chi connectivity index (χ2v) is 8.33. The molecular weight excluding hydrogens is 381 g/mol. The van der Waals surface area contributed by atoms with Gasteiger partial charge in [-0.05, 0) is 31.7 Å². The summed E-state index contributed by atoms with van der Waals surface area (Å²) in [6.07, 6.45) is 3.82. The Morgan fingerprint density at radius 2 is 2.07 bits per heavy atom. The number of nitrogens with zero attached hydrogens (tertiary/aromatic N) is 3. The summed E-state index contributed by atoms with van der Waals surface area (Å²) < 4.78 is 22.8. The third-order valence-corrected chi connectivity index (χ3v) is 6.70. The quantitative estimate of drug-likeness (QED) is 0.723. The van der Waals surface area contributed by atoms with Gasteiger partial charge in [0.2, 0.25) is 5.43 Å². The first-order valence-electron chi connectivity index (χ1n) is 9.32. The molecule has 3 heterocycles. The highest BCUT2D eigenvalue weighted by Gasteiger charge is 2.33. The van der Waals surface area contributed by atoms with Gasteiger partial charge in [0.25, 0.3) is 0 Å². The number of ether oxygens (including phenoxy) is 1. The van der Waals surface area contributed by atoms with Crippen LogP contribution < -0.4 is 15.1 Å². The third-order valence-electron chi connectivity index (χ3n) is 5.62. The first-order valence-corrected chi connectivity index (χ1v) is 10.1. The Balaban J connectivity index is 1.99. The number of hydrogen-bond acceptors (Lipinski definition) is 6. The van der Waals surface area contributed by atoms with Crippen LogP contribution in [0.5, 0.6) is 11.5 Å². The number of aromatic nitrogens is 1. The van der Waals surface area contributed by atoms with Crippen molar-refractivity contribution in [3.05, 3.63) is 27.0 Å². The van der Waals surface area contributed by atoms with Crippen LogP contribution in [-0.4, -0.2) is 29.9 Å². The van der Waals surface area contributed by atoms with Crippen molar-refractivity contribution < 1.29 is 14.2 Å². The molecule has 0 spiro atoms. The molecular formula is C20H18FN3O3S. The topological polar surface area (TPSA) is 78.5 Å². The molecule has 6 nitrogen and oxygen atoms in total. The minimum absolute atomic E-state index is 0.0935. The van der Waals surface area contributed by atoms with Crippen LogP contribution in [0.3, 0.4) is 0 Å². The standard InChI is InChI=1S/C20H18FN3O3S/c1-27-19-15-11(8-12(21)16(19)23-6-2-3-7-23)17(25)14-18(26)13(9-22)28-20(14)24(15)10-4-5-10/h8,10,26H,2-7H2,1H3. The first kappa shape index (κ1) is 17.3. The summed E-state index contributed by atoms with van der Waals surface area (Å²) >= 11 is 1.10. The van der Waals surface area contributed by atoms with E-state index in [-0.39, 0.29) is 27.4 Å². The monoisotopic (exact) mass is 399 g/mol. The van der Waals surface area contributed by atoms with Crippen molar-refractivity contribution in [2.24, 2.45) is 0 Å². The number of pyridine rings is 1. The van der Waals surface area contributed by atoms with Crippen molar-refractivity contribution in [3.63, 3.8) is 0 Å². The lowest BCUT2D eigenvalue weighted by molar-refractivity contribution is 0.414. The van der Waals surface area contributed by atoms with Crippen LogP contribution in [0.25, 0.3) is 21.1 Å². The van der Waals surface area contributed by atoms with Crippen LogP contribution in [0, 0.1) is 17.1 Å². The van der Waals surface area contributed by atoms with Crippen LogP contribution >= 0.6 is 11.3 Å². The largest absolute Gasteiger partial charge is 0.505 e. The third kappa shape index (κ3) is 2.26. The summed E-state index contributed by atoms with van der Waals surface area (Å²) in [6.45, 7) is 1.49. The lowest BCUT2D eigenvalue weighted by Gasteiger charge is -2.24. The van der Waals surface area contributed by atoms with Crippen LogP contribution in [0.4, 0.5) is 10.1 Å². The molecule has 2 aromatic heterocycles. The van der Waals surface area contributed by atoms with Gasteiger partial charge in [-0.1, -0.05) is 0 Å². The van der Waals surface area contributed by atoms with Gasteiger partial charge in [0.1, 0.15) is 26.9 Å². The molecule has 0 unspecified atom stereocenters. The number of benzene rings is 1. The Bertz CT molecular complexity index is 1230. The molecule has 0 atom stereocenters. The van der Waals surface area contributed by atoms with Crippen molar-refractivity contribution in [1.29, 1.82) is 5.26 Å². The summed E-state index contributed by atoms with van der Waals surface area (Å²) in [5.41, 5.74) is 0.473. The predicted molar refractivity (Wildman–Crippen MR) is 106 cm³/mol. The molecule has 2 aliphatic rings. The Labute approximate surface area is 164 Å². The maximum atomic E-state index is 15.1. The molecule has 3 aromatic rings. The molecule has 5 rings (SSSR count). The predicted octanol–water partition coefficient (Wildman–Crippen LogP) is 3.88. The van der Waals surface area contributed by atoms with E-state index in [4.69, 9.17) is 4.74 Å². The summed E-state index contributed by atoms with van der Waals surface area (Å²) in [4.78, 5) is 15.8. The molecule has 1 saturated carbocycles. The molecule has 1 N–H and O–H groups in total. The Hall–Kier alpha value is -2.79. The van der Waals surface area contributed by atoms with Gasteiger partial charge in [0.15, 0.2) is 17.3 Å². The second kappa shape index (κ2) is 6.11. The van der Waals surface area contributed by atoms with Gasteiger partial charge < -0.3 is 19.3 Å². The minimum Gasteiger partial charge on any atom is -0.505 e. The number of halogens is 1. The number of fused-ring (bicyclic) bond motifs is 2. The van der Waals surface area contributed by atoms with E-state index in [9.17, 15) is 15.2 Å². The second-order valence-electron chi connectivity index (χ2n) is 7.33. The molecule has 28 heavy (non-hydrogen) atoms. The highest BCUT2D eigenvalue weighted by molar-refractivity contribution is 7.19. The fourth-order valence-electron chi connectivity index (χ4n) is 4.23. The van der Waals surface area contributed by atoms with E-state index in [2.05, 4.69) is 0 Å². The van der Waals surface area contributed by atoms with E-state index in [1.807, 2.05) is 15.5 Å². The fourth-order valence-corrected chi connectivity index (χ4v) is 5.29. The molecule has 1 saturated heterocycles. The first-order chi connectivity index (χ1) is 13.6. The molecule has 1 aliphatic heterocycles. The van der Waals surface area contributed by atoms with Gasteiger partial charge in [-0.2, -0.15) is 5.26 Å². The van der Waals surface area contributed by atoms with Gasteiger partial charge in [0, 0.05) is 19.1 Å². The Morgan fingerprint density at radius 3 is 2.68 bits per heavy atom. The van der Waals surface area contributed by atoms with Crippen LogP contribution in [0.1, 0.15) is 36.6 Å². The zero-order valence-corrected chi connectivity index (χ0v) is 16.1. The van der Waals surface area contributed by atoms with Crippen molar-refractivity contribution in [1.82, 2.24) is 4.57 Å². The van der Waals surface area contributed by atoms with Crippen LogP contribution in [-0.2, 0) is 0 Å². The highest BCUT2D eigenvalue weighted by Crippen LogP contribution is 2.48. The zero-order valence-electron chi connectivity index (χ0n) is 15.3. The fraction of sp³-hybridized carbons (Fsp3) is 0.400. The van der Waals surface area contributed by atoms with Crippen molar-refractivity contribution >= 4 is 38.1 Å². The van der Waals surface area contributed by atoms with E-state index >= 15 is 4.39 Å². The summed E-state index contributed by atoms with van der Waals surface area (Å²) in [6, 6.07) is 3.35. The van der Waals surface area contributed by atoms with Gasteiger partial charge in [-0.3, -0.25) is 4.79 Å². The highest BCUT2D eigenvalue weighted by atomic mass is 32.1. The lowest BCUT2D eigenvalue weighted by Crippen LogP contribution is -2.21. The Morgan fingerprint density at radius 1 is 1.36 bits per heavy atom. The average molecular weight is 399 g/mol. The van der Waals surface area contributed by atoms with E-state index in [1.165, 1.54) is 13.2 Å². The van der Waals surface area contributed by atoms with Gasteiger partial charge in [-0.15, -0.1) is 11.3 Å². The number of methoxy groups -OCH3 is 1. The maximum absolute atomic E-state index is 15.1. The number of aromatic hydroxyl groups is 1. The minimum atomic E-state index is -0.500. The molecule has 0 amide bonds. The Kier molecular flexibility index (Phi) is 3.78. The van der Waals surface area contributed by atoms with E-state index < -0.39 is 11.2 Å². The number of rotatable bonds is 3.